The van der Waals surface area contributed by atoms with E-state index in [0.717, 1.165) is 10.9 Å². The molecule has 0 saturated carbocycles. The van der Waals surface area contributed by atoms with Gasteiger partial charge in [0.2, 0.25) is 0 Å². The van der Waals surface area contributed by atoms with Crippen molar-refractivity contribution in [3.05, 3.63) is 47.8 Å². The van der Waals surface area contributed by atoms with Gasteiger partial charge in [0.15, 0.2) is 0 Å². The maximum absolute atomic E-state index is 13.5. The summed E-state index contributed by atoms with van der Waals surface area (Å²) >= 11 is 0. The van der Waals surface area contributed by atoms with E-state index in [4.69, 9.17) is 5.84 Å². The van der Waals surface area contributed by atoms with Gasteiger partial charge < -0.3 is 0 Å². The monoisotopic (exact) mass is 204 g/mol. The second kappa shape index (κ2) is 3.96. The Balaban J connectivity index is 2.71. The third-order valence-electron chi connectivity index (χ3n) is 2.62. The Labute approximate surface area is 87.9 Å². The second-order valence-electron chi connectivity index (χ2n) is 3.57. The zero-order chi connectivity index (χ0) is 10.8. The lowest BCUT2D eigenvalue weighted by molar-refractivity contribution is 0.602. The molecule has 0 heterocycles. The van der Waals surface area contributed by atoms with E-state index in [-0.39, 0.29) is 11.9 Å². The number of nitrogens with one attached hydrogen (secondary N) is 1. The van der Waals surface area contributed by atoms with Crippen LogP contribution in [0.3, 0.4) is 0 Å². The molecule has 0 saturated heterocycles. The standard InChI is InChI=1S/C12H13FN2/c1-8(15-14)9-6-7-12(13)11-5-3-2-4-10(9)11/h2-8,15H,14H2,1H3/t8-/m1/s1. The molecule has 0 bridgehead atoms. The van der Waals surface area contributed by atoms with E-state index < -0.39 is 0 Å². The number of fused-ring (bicyclic) bond motifs is 1. The second-order valence-corrected chi connectivity index (χ2v) is 3.57. The molecule has 2 nitrogen and oxygen atoms in total. The number of benzene rings is 2. The van der Waals surface area contributed by atoms with E-state index in [9.17, 15) is 4.39 Å². The van der Waals surface area contributed by atoms with Gasteiger partial charge in [0.1, 0.15) is 5.82 Å². The first-order valence-corrected chi connectivity index (χ1v) is 4.87. The van der Waals surface area contributed by atoms with E-state index in [0.29, 0.717) is 5.39 Å². The van der Waals surface area contributed by atoms with Crippen molar-refractivity contribution in [1.82, 2.24) is 5.43 Å². The molecule has 3 N–H and O–H groups in total. The molecule has 0 aliphatic heterocycles. The van der Waals surface area contributed by atoms with Crippen molar-refractivity contribution in [2.45, 2.75) is 13.0 Å². The molecule has 2 rings (SSSR count). The molecule has 1 atom stereocenters. The molecule has 0 aliphatic carbocycles. The lowest BCUT2D eigenvalue weighted by Gasteiger charge is -2.13. The fourth-order valence-electron chi connectivity index (χ4n) is 1.75. The molecule has 3 heteroatoms. The van der Waals surface area contributed by atoms with Gasteiger partial charge in [-0.15, -0.1) is 0 Å². The smallest absolute Gasteiger partial charge is 0.131 e. The Morgan fingerprint density at radius 3 is 2.47 bits per heavy atom. The maximum atomic E-state index is 13.5. The summed E-state index contributed by atoms with van der Waals surface area (Å²) in [6.07, 6.45) is 0. The van der Waals surface area contributed by atoms with Crippen LogP contribution in [0.1, 0.15) is 18.5 Å². The van der Waals surface area contributed by atoms with Gasteiger partial charge in [0.05, 0.1) is 0 Å². The van der Waals surface area contributed by atoms with Crippen LogP contribution in [0, 0.1) is 5.82 Å². The van der Waals surface area contributed by atoms with Gasteiger partial charge in [0, 0.05) is 11.4 Å². The first-order valence-electron chi connectivity index (χ1n) is 4.87. The molecule has 2 aromatic rings. The van der Waals surface area contributed by atoms with E-state index in [1.54, 1.807) is 12.1 Å². The van der Waals surface area contributed by atoms with E-state index in [1.807, 2.05) is 25.1 Å². The van der Waals surface area contributed by atoms with Gasteiger partial charge >= 0.3 is 0 Å². The molecular weight excluding hydrogens is 191 g/mol. The van der Waals surface area contributed by atoms with E-state index in [1.165, 1.54) is 6.07 Å². The van der Waals surface area contributed by atoms with Crippen LogP contribution in [-0.2, 0) is 0 Å². The van der Waals surface area contributed by atoms with Crippen LogP contribution in [0.4, 0.5) is 4.39 Å². The quantitative estimate of drug-likeness (QED) is 0.582. The summed E-state index contributed by atoms with van der Waals surface area (Å²) in [6.45, 7) is 1.94. The molecule has 0 radical (unpaired) electrons. The highest BCUT2D eigenvalue weighted by Crippen LogP contribution is 2.25. The molecule has 15 heavy (non-hydrogen) atoms. The van der Waals surface area contributed by atoms with Crippen molar-refractivity contribution in [3.8, 4) is 0 Å². The van der Waals surface area contributed by atoms with Crippen LogP contribution < -0.4 is 11.3 Å². The number of halogens is 1. The van der Waals surface area contributed by atoms with Crippen molar-refractivity contribution in [1.29, 1.82) is 0 Å². The van der Waals surface area contributed by atoms with Crippen LogP contribution in [-0.4, -0.2) is 0 Å². The number of hydrazine groups is 1. The summed E-state index contributed by atoms with van der Waals surface area (Å²) in [5, 5.41) is 1.54. The summed E-state index contributed by atoms with van der Waals surface area (Å²) in [7, 11) is 0. The van der Waals surface area contributed by atoms with E-state index >= 15 is 0 Å². The van der Waals surface area contributed by atoms with Crippen LogP contribution >= 0.6 is 0 Å². The molecule has 2 aromatic carbocycles. The highest BCUT2D eigenvalue weighted by atomic mass is 19.1. The summed E-state index contributed by atoms with van der Waals surface area (Å²) < 4.78 is 13.5. The predicted octanol–water partition coefficient (Wildman–Crippen LogP) is 2.50. The average Bonchev–Trinajstić information content (AvgIpc) is 2.29. The molecule has 0 unspecified atom stereocenters. The first kappa shape index (κ1) is 10.1. The Bertz CT molecular complexity index is 482. The number of nitrogens with two attached hydrogens (primary N) is 1. The Morgan fingerprint density at radius 1 is 1.13 bits per heavy atom. The molecule has 0 spiro atoms. The number of hydrogen-bond acceptors (Lipinski definition) is 2. The van der Waals surface area contributed by atoms with Gasteiger partial charge in [-0.3, -0.25) is 11.3 Å². The van der Waals surface area contributed by atoms with Crippen molar-refractivity contribution in [3.63, 3.8) is 0 Å². The first-order chi connectivity index (χ1) is 7.24. The molecule has 78 valence electrons. The third kappa shape index (κ3) is 1.71. The van der Waals surface area contributed by atoms with Gasteiger partial charge in [-0.05, 0) is 23.9 Å². The molecule has 0 fully saturated rings. The third-order valence-corrected chi connectivity index (χ3v) is 2.62. The highest BCUT2D eigenvalue weighted by Gasteiger charge is 2.09. The molecular formula is C12H13FN2. The fraction of sp³-hybridized carbons (Fsp3) is 0.167. The minimum atomic E-state index is -0.196. The zero-order valence-corrected chi connectivity index (χ0v) is 8.50. The minimum Gasteiger partial charge on any atom is -0.271 e. The molecule has 0 aliphatic rings. The summed E-state index contributed by atoms with van der Waals surface area (Å²) in [5.41, 5.74) is 3.68. The van der Waals surface area contributed by atoms with E-state index in [2.05, 4.69) is 5.43 Å². The topological polar surface area (TPSA) is 38.0 Å². The van der Waals surface area contributed by atoms with Gasteiger partial charge in [0.25, 0.3) is 0 Å². The van der Waals surface area contributed by atoms with Crippen LogP contribution in [0.5, 0.6) is 0 Å². The highest BCUT2D eigenvalue weighted by molar-refractivity contribution is 5.86. The average molecular weight is 204 g/mol. The largest absolute Gasteiger partial charge is 0.271 e. The number of hydrogen-bond donors (Lipinski definition) is 2. The van der Waals surface area contributed by atoms with Gasteiger partial charge in [-0.25, -0.2) is 4.39 Å². The van der Waals surface area contributed by atoms with Crippen molar-refractivity contribution < 1.29 is 4.39 Å². The molecule has 0 aromatic heterocycles. The normalized spacial score (nSPS) is 13.0. The lowest BCUT2D eigenvalue weighted by atomic mass is 10.00. The van der Waals surface area contributed by atoms with Crippen molar-refractivity contribution in [2.75, 3.05) is 0 Å². The van der Waals surface area contributed by atoms with Crippen LogP contribution in [0.2, 0.25) is 0 Å². The Hall–Kier alpha value is -1.45. The fourth-order valence-corrected chi connectivity index (χ4v) is 1.75. The van der Waals surface area contributed by atoms with Gasteiger partial charge in [-0.1, -0.05) is 30.3 Å². The van der Waals surface area contributed by atoms with Crippen molar-refractivity contribution in [2.24, 2.45) is 5.84 Å². The summed E-state index contributed by atoms with van der Waals surface area (Å²) in [5.74, 6) is 5.19. The number of rotatable bonds is 2. The Morgan fingerprint density at radius 2 is 1.80 bits per heavy atom. The predicted molar refractivity (Wildman–Crippen MR) is 59.6 cm³/mol. The molecule has 0 amide bonds. The Kier molecular flexibility index (Phi) is 2.66. The lowest BCUT2D eigenvalue weighted by Crippen LogP contribution is -2.25. The van der Waals surface area contributed by atoms with Gasteiger partial charge in [-0.2, -0.15) is 0 Å². The summed E-state index contributed by atoms with van der Waals surface area (Å²) in [4.78, 5) is 0. The van der Waals surface area contributed by atoms with Crippen LogP contribution in [0.15, 0.2) is 36.4 Å². The zero-order valence-electron chi connectivity index (χ0n) is 8.50. The minimum absolute atomic E-state index is 0.00972. The maximum Gasteiger partial charge on any atom is 0.131 e. The van der Waals surface area contributed by atoms with Crippen molar-refractivity contribution >= 4 is 10.8 Å². The van der Waals surface area contributed by atoms with Crippen LogP contribution in [0.25, 0.3) is 10.8 Å². The summed E-state index contributed by atoms with van der Waals surface area (Å²) in [6, 6.07) is 10.7. The SMILES string of the molecule is C[C@@H](NN)c1ccc(F)c2ccccc12.